The Kier molecular flexibility index (Phi) is 7.93. The average molecular weight is 312 g/mol. The van der Waals surface area contributed by atoms with Crippen LogP contribution < -0.4 is 10.5 Å². The predicted molar refractivity (Wildman–Crippen MR) is 87.6 cm³/mol. The molecule has 1 aromatic rings. The van der Waals surface area contributed by atoms with Crippen LogP contribution in [0.1, 0.15) is 56.6 Å². The van der Waals surface area contributed by atoms with E-state index in [0.29, 0.717) is 18.0 Å². The van der Waals surface area contributed by atoms with Gasteiger partial charge in [-0.05, 0) is 36.6 Å². The number of unbranched alkanes of at least 4 members (excludes halogenated alkanes) is 5. The number of hydrogen-bond acceptors (Lipinski definition) is 3. The fourth-order valence-corrected chi connectivity index (χ4v) is 3.35. The molecule has 0 spiro atoms. The molecule has 0 radical (unpaired) electrons. The summed E-state index contributed by atoms with van der Waals surface area (Å²) >= 11 is 0. The molecule has 0 atom stereocenters. The van der Waals surface area contributed by atoms with Crippen LogP contribution in [-0.2, 0) is 16.6 Å². The van der Waals surface area contributed by atoms with Crippen LogP contribution in [0.2, 0.25) is 0 Å². The average Bonchev–Trinajstić information content (AvgIpc) is 2.46. The van der Waals surface area contributed by atoms with Gasteiger partial charge >= 0.3 is 0 Å². The van der Waals surface area contributed by atoms with Gasteiger partial charge in [-0.15, -0.1) is 0 Å². The first-order valence-electron chi connectivity index (χ1n) is 7.80. The van der Waals surface area contributed by atoms with Gasteiger partial charge in [-0.3, -0.25) is 0 Å². The van der Waals surface area contributed by atoms with Gasteiger partial charge in [0.2, 0.25) is 10.0 Å². The minimum Gasteiger partial charge on any atom is -0.326 e. The normalized spacial score (nSPS) is 11.8. The summed E-state index contributed by atoms with van der Waals surface area (Å²) in [6, 6.07) is 5.11. The maximum atomic E-state index is 12.2. The molecule has 0 bridgehead atoms. The Labute approximate surface area is 129 Å². The second-order valence-electron chi connectivity index (χ2n) is 5.46. The molecule has 0 aromatic heterocycles. The van der Waals surface area contributed by atoms with E-state index in [0.717, 1.165) is 24.0 Å². The topological polar surface area (TPSA) is 72.2 Å². The highest BCUT2D eigenvalue weighted by molar-refractivity contribution is 7.89. The first-order valence-corrected chi connectivity index (χ1v) is 9.29. The third-order valence-corrected chi connectivity index (χ3v) is 5.13. The molecular weight excluding hydrogens is 284 g/mol. The Morgan fingerprint density at radius 2 is 1.76 bits per heavy atom. The number of aryl methyl sites for hydroxylation is 1. The minimum absolute atomic E-state index is 0.305. The van der Waals surface area contributed by atoms with Gasteiger partial charge in [0.15, 0.2) is 0 Å². The largest absolute Gasteiger partial charge is 0.326 e. The zero-order chi connectivity index (χ0) is 15.7. The van der Waals surface area contributed by atoms with Crippen molar-refractivity contribution >= 4 is 10.0 Å². The molecule has 0 unspecified atom stereocenters. The molecule has 1 rings (SSSR count). The van der Waals surface area contributed by atoms with Gasteiger partial charge in [0.25, 0.3) is 0 Å². The van der Waals surface area contributed by atoms with Crippen LogP contribution in [0.15, 0.2) is 23.1 Å². The lowest BCUT2D eigenvalue weighted by atomic mass is 10.1. The quantitative estimate of drug-likeness (QED) is 0.652. The van der Waals surface area contributed by atoms with E-state index in [2.05, 4.69) is 11.6 Å². The summed E-state index contributed by atoms with van der Waals surface area (Å²) < 4.78 is 27.1. The Balaban J connectivity index is 2.46. The highest BCUT2D eigenvalue weighted by Crippen LogP contribution is 2.15. The van der Waals surface area contributed by atoms with E-state index in [1.165, 1.54) is 25.7 Å². The molecule has 0 heterocycles. The van der Waals surface area contributed by atoms with E-state index in [4.69, 9.17) is 5.73 Å². The summed E-state index contributed by atoms with van der Waals surface area (Å²) in [5.74, 6) is 0. The van der Waals surface area contributed by atoms with Gasteiger partial charge in [-0.1, -0.05) is 45.1 Å². The first-order chi connectivity index (χ1) is 10.0. The second-order valence-corrected chi connectivity index (χ2v) is 7.22. The zero-order valence-electron chi connectivity index (χ0n) is 13.2. The molecule has 0 aliphatic heterocycles. The fourth-order valence-electron chi connectivity index (χ4n) is 2.23. The second kappa shape index (κ2) is 9.18. The van der Waals surface area contributed by atoms with Gasteiger partial charge in [-0.25, -0.2) is 13.1 Å². The van der Waals surface area contributed by atoms with Gasteiger partial charge in [0.05, 0.1) is 4.90 Å². The molecule has 0 amide bonds. The number of hydrogen-bond donors (Lipinski definition) is 2. The van der Waals surface area contributed by atoms with Gasteiger partial charge in [0.1, 0.15) is 0 Å². The van der Waals surface area contributed by atoms with E-state index < -0.39 is 10.0 Å². The van der Waals surface area contributed by atoms with Gasteiger partial charge in [0, 0.05) is 13.1 Å². The summed E-state index contributed by atoms with van der Waals surface area (Å²) in [6.07, 6.45) is 6.86. The number of nitrogens with two attached hydrogens (primary N) is 1. The highest BCUT2D eigenvalue weighted by Gasteiger charge is 2.14. The lowest BCUT2D eigenvalue weighted by Gasteiger charge is -2.09. The Morgan fingerprint density at radius 1 is 1.10 bits per heavy atom. The van der Waals surface area contributed by atoms with Crippen molar-refractivity contribution in [2.24, 2.45) is 5.73 Å². The molecule has 0 aliphatic rings. The van der Waals surface area contributed by atoms with Crippen LogP contribution in [0.25, 0.3) is 0 Å². The van der Waals surface area contributed by atoms with Crippen LogP contribution in [0.5, 0.6) is 0 Å². The van der Waals surface area contributed by atoms with Crippen molar-refractivity contribution in [1.29, 1.82) is 0 Å². The molecule has 4 nitrogen and oxygen atoms in total. The maximum absolute atomic E-state index is 12.2. The van der Waals surface area contributed by atoms with Crippen molar-refractivity contribution in [2.75, 3.05) is 6.54 Å². The third kappa shape index (κ3) is 6.16. The van der Waals surface area contributed by atoms with Crippen molar-refractivity contribution in [3.05, 3.63) is 29.3 Å². The summed E-state index contributed by atoms with van der Waals surface area (Å²) in [4.78, 5) is 0.305. The van der Waals surface area contributed by atoms with Crippen molar-refractivity contribution in [3.8, 4) is 0 Å². The number of sulfonamides is 1. The third-order valence-electron chi connectivity index (χ3n) is 3.67. The van der Waals surface area contributed by atoms with Crippen LogP contribution in [0.3, 0.4) is 0 Å². The highest BCUT2D eigenvalue weighted by atomic mass is 32.2. The zero-order valence-corrected chi connectivity index (χ0v) is 14.0. The smallest absolute Gasteiger partial charge is 0.240 e. The Bertz CT molecular complexity index is 527. The molecule has 0 saturated heterocycles. The lowest BCUT2D eigenvalue weighted by molar-refractivity contribution is 0.567. The number of rotatable bonds is 10. The monoisotopic (exact) mass is 312 g/mol. The SMILES string of the molecule is CCCCCCCCNS(=O)(=O)c1ccc(C)c(CN)c1. The van der Waals surface area contributed by atoms with Crippen LogP contribution >= 0.6 is 0 Å². The molecule has 0 saturated carbocycles. The summed E-state index contributed by atoms with van der Waals surface area (Å²) in [5, 5.41) is 0. The molecule has 120 valence electrons. The number of nitrogens with one attached hydrogen (secondary N) is 1. The Hall–Kier alpha value is -0.910. The molecule has 0 aliphatic carbocycles. The van der Waals surface area contributed by atoms with Crippen LogP contribution in [0.4, 0.5) is 0 Å². The van der Waals surface area contributed by atoms with E-state index in [9.17, 15) is 8.42 Å². The predicted octanol–water partition coefficient (Wildman–Crippen LogP) is 3.09. The van der Waals surface area contributed by atoms with Crippen LogP contribution in [-0.4, -0.2) is 15.0 Å². The van der Waals surface area contributed by atoms with Crippen molar-refractivity contribution in [1.82, 2.24) is 4.72 Å². The maximum Gasteiger partial charge on any atom is 0.240 e. The van der Waals surface area contributed by atoms with E-state index in [-0.39, 0.29) is 0 Å². The summed E-state index contributed by atoms with van der Waals surface area (Å²) in [6.45, 7) is 4.97. The molecular formula is C16H28N2O2S. The summed E-state index contributed by atoms with van der Waals surface area (Å²) in [7, 11) is -3.41. The molecule has 1 aromatic carbocycles. The van der Waals surface area contributed by atoms with Gasteiger partial charge in [-0.2, -0.15) is 0 Å². The Morgan fingerprint density at radius 3 is 2.43 bits per heavy atom. The summed E-state index contributed by atoms with van der Waals surface area (Å²) in [5.41, 5.74) is 7.52. The fraction of sp³-hybridized carbons (Fsp3) is 0.625. The molecule has 0 fully saturated rings. The van der Waals surface area contributed by atoms with Crippen molar-refractivity contribution in [2.45, 2.75) is 63.8 Å². The van der Waals surface area contributed by atoms with E-state index >= 15 is 0 Å². The van der Waals surface area contributed by atoms with Crippen LogP contribution in [0, 0.1) is 6.92 Å². The first kappa shape index (κ1) is 18.1. The standard InChI is InChI=1S/C16H28N2O2S/c1-3-4-5-6-7-8-11-18-21(19,20)16-10-9-14(2)15(12-16)13-17/h9-10,12,18H,3-8,11,13,17H2,1-2H3. The number of benzene rings is 1. The molecule has 21 heavy (non-hydrogen) atoms. The van der Waals surface area contributed by atoms with Crippen molar-refractivity contribution < 1.29 is 8.42 Å². The van der Waals surface area contributed by atoms with E-state index in [1.54, 1.807) is 12.1 Å². The minimum atomic E-state index is -3.41. The van der Waals surface area contributed by atoms with E-state index in [1.807, 2.05) is 13.0 Å². The van der Waals surface area contributed by atoms with Gasteiger partial charge < -0.3 is 5.73 Å². The molecule has 3 N–H and O–H groups in total. The van der Waals surface area contributed by atoms with Crippen molar-refractivity contribution in [3.63, 3.8) is 0 Å². The lowest BCUT2D eigenvalue weighted by Crippen LogP contribution is -2.25. The molecule has 5 heteroatoms.